The van der Waals surface area contributed by atoms with Crippen LogP contribution in [0.3, 0.4) is 0 Å². The third-order valence-electron chi connectivity index (χ3n) is 4.27. The molecule has 0 bridgehead atoms. The minimum absolute atomic E-state index is 0.00396. The second kappa shape index (κ2) is 6.95. The second-order valence-corrected chi connectivity index (χ2v) is 6.50. The van der Waals surface area contributed by atoms with E-state index < -0.39 is 17.9 Å². The van der Waals surface area contributed by atoms with Crippen molar-refractivity contribution in [2.45, 2.75) is 24.9 Å². The van der Waals surface area contributed by atoms with E-state index in [0.717, 1.165) is 5.69 Å². The van der Waals surface area contributed by atoms with Crippen LogP contribution in [0.5, 0.6) is 5.88 Å². The van der Waals surface area contributed by atoms with Gasteiger partial charge >= 0.3 is 0 Å². The summed E-state index contributed by atoms with van der Waals surface area (Å²) in [7, 11) is 1.82. The van der Waals surface area contributed by atoms with Crippen molar-refractivity contribution >= 4 is 11.6 Å². The zero-order valence-electron chi connectivity index (χ0n) is 14.8. The molecule has 0 aromatic carbocycles. The molecule has 3 aromatic rings. The summed E-state index contributed by atoms with van der Waals surface area (Å²) in [5, 5.41) is 2.64. The van der Waals surface area contributed by atoms with E-state index in [1.165, 1.54) is 18.5 Å². The number of amides is 1. The Morgan fingerprint density at radius 2 is 2.07 bits per heavy atom. The number of rotatable bonds is 5. The Labute approximate surface area is 158 Å². The zero-order valence-corrected chi connectivity index (χ0v) is 14.8. The van der Waals surface area contributed by atoms with Gasteiger partial charge in [-0.05, 0) is 12.1 Å². The smallest absolute Gasteiger partial charge is 0.293 e. The van der Waals surface area contributed by atoms with Crippen molar-refractivity contribution in [3.63, 3.8) is 0 Å². The number of nitrogens with one attached hydrogen (secondary N) is 1. The second-order valence-electron chi connectivity index (χ2n) is 6.50. The maximum atomic E-state index is 12.8. The molecule has 1 fully saturated rings. The Hall–Kier alpha value is -3.43. The van der Waals surface area contributed by atoms with E-state index >= 15 is 0 Å². The Kier molecular flexibility index (Phi) is 4.46. The highest BCUT2D eigenvalue weighted by Crippen LogP contribution is 2.39. The summed E-state index contributed by atoms with van der Waals surface area (Å²) in [6.45, 7) is 0. The van der Waals surface area contributed by atoms with E-state index in [9.17, 15) is 13.6 Å². The first-order valence-electron chi connectivity index (χ1n) is 8.51. The molecule has 1 saturated carbocycles. The van der Waals surface area contributed by atoms with E-state index in [1.54, 1.807) is 29.2 Å². The quantitative estimate of drug-likeness (QED) is 0.725. The summed E-state index contributed by atoms with van der Waals surface area (Å²) in [6, 6.07) is 4.77. The van der Waals surface area contributed by atoms with Crippen molar-refractivity contribution in [2.75, 3.05) is 5.32 Å². The number of aromatic nitrogens is 5. The number of halogens is 2. The average Bonchev–Trinajstić information content (AvgIpc) is 3.08. The van der Waals surface area contributed by atoms with Gasteiger partial charge in [0.2, 0.25) is 11.7 Å². The van der Waals surface area contributed by atoms with Gasteiger partial charge < -0.3 is 14.6 Å². The summed E-state index contributed by atoms with van der Waals surface area (Å²) in [6.07, 6.45) is 5.01. The van der Waals surface area contributed by atoms with Crippen molar-refractivity contribution in [3.8, 4) is 17.3 Å². The maximum absolute atomic E-state index is 12.8. The lowest BCUT2D eigenvalue weighted by molar-refractivity contribution is -0.135. The number of anilines is 1. The molecule has 3 aromatic heterocycles. The third kappa shape index (κ3) is 3.80. The highest BCUT2D eigenvalue weighted by molar-refractivity contribution is 6.01. The van der Waals surface area contributed by atoms with Gasteiger partial charge in [-0.3, -0.25) is 4.79 Å². The summed E-state index contributed by atoms with van der Waals surface area (Å²) < 4.78 is 32.8. The molecule has 0 atom stereocenters. The number of alkyl halides is 2. The van der Waals surface area contributed by atoms with Gasteiger partial charge in [0, 0.05) is 32.2 Å². The molecule has 0 spiro atoms. The van der Waals surface area contributed by atoms with Gasteiger partial charge in [0.05, 0.1) is 35.8 Å². The summed E-state index contributed by atoms with van der Waals surface area (Å²) in [5.41, 5.74) is 1.73. The summed E-state index contributed by atoms with van der Waals surface area (Å²) in [4.78, 5) is 28.7. The lowest BCUT2D eigenvalue weighted by Crippen LogP contribution is -2.43. The normalized spacial score (nSPS) is 15.7. The Morgan fingerprint density at radius 1 is 1.25 bits per heavy atom. The standard InChI is InChI=1S/C18H16F2N6O2/c1-26-10-21-9-14(26)13-4-5-22-16(25-13)17(27)24-11-2-3-15(23-8-11)28-12-6-18(19,20)7-12/h2-5,8-10,12H,6-7H2,1H3,(H,24,27). The van der Waals surface area contributed by atoms with Gasteiger partial charge in [0.1, 0.15) is 6.10 Å². The highest BCUT2D eigenvalue weighted by Gasteiger charge is 2.47. The molecule has 0 unspecified atom stereocenters. The fourth-order valence-corrected chi connectivity index (χ4v) is 2.79. The Balaban J connectivity index is 1.40. The lowest BCUT2D eigenvalue weighted by Gasteiger charge is -2.34. The van der Waals surface area contributed by atoms with Crippen molar-refractivity contribution in [2.24, 2.45) is 7.05 Å². The van der Waals surface area contributed by atoms with Crippen LogP contribution in [0, 0.1) is 0 Å². The van der Waals surface area contributed by atoms with Crippen molar-refractivity contribution < 1.29 is 18.3 Å². The average molecular weight is 386 g/mol. The first-order chi connectivity index (χ1) is 13.4. The number of hydrogen-bond acceptors (Lipinski definition) is 6. The third-order valence-corrected chi connectivity index (χ3v) is 4.27. The zero-order chi connectivity index (χ0) is 19.7. The van der Waals surface area contributed by atoms with Crippen LogP contribution in [0.15, 0.2) is 43.1 Å². The first-order valence-corrected chi connectivity index (χ1v) is 8.51. The number of carbonyl (C=O) groups excluding carboxylic acids is 1. The SMILES string of the molecule is Cn1cncc1-c1ccnc(C(=O)Nc2ccc(OC3CC(F)(F)C3)nc2)n1. The van der Waals surface area contributed by atoms with Crippen LogP contribution in [-0.4, -0.2) is 42.4 Å². The van der Waals surface area contributed by atoms with Crippen LogP contribution in [0.2, 0.25) is 0 Å². The molecule has 4 rings (SSSR count). The van der Waals surface area contributed by atoms with Gasteiger partial charge in [0.25, 0.3) is 11.8 Å². The van der Waals surface area contributed by atoms with Crippen molar-refractivity contribution in [1.29, 1.82) is 0 Å². The summed E-state index contributed by atoms with van der Waals surface area (Å²) >= 11 is 0. The number of nitrogens with zero attached hydrogens (tertiary/aromatic N) is 5. The predicted molar refractivity (Wildman–Crippen MR) is 95.0 cm³/mol. The molecule has 0 aliphatic heterocycles. The summed E-state index contributed by atoms with van der Waals surface area (Å²) in [5.74, 6) is -2.93. The number of hydrogen-bond donors (Lipinski definition) is 1. The van der Waals surface area contributed by atoms with E-state index in [0.29, 0.717) is 11.4 Å². The number of pyridine rings is 1. The van der Waals surface area contributed by atoms with E-state index in [2.05, 4.69) is 25.3 Å². The van der Waals surface area contributed by atoms with Crippen LogP contribution in [0.25, 0.3) is 11.4 Å². The minimum Gasteiger partial charge on any atom is -0.474 e. The monoisotopic (exact) mass is 386 g/mol. The number of imidazole rings is 1. The molecule has 1 amide bonds. The van der Waals surface area contributed by atoms with Crippen LogP contribution >= 0.6 is 0 Å². The number of aryl methyl sites for hydroxylation is 1. The van der Waals surface area contributed by atoms with Gasteiger partial charge in [-0.15, -0.1) is 0 Å². The molecule has 3 heterocycles. The molecular weight excluding hydrogens is 370 g/mol. The fraction of sp³-hybridized carbons (Fsp3) is 0.278. The first kappa shape index (κ1) is 18.0. The largest absolute Gasteiger partial charge is 0.474 e. The van der Waals surface area contributed by atoms with E-state index in [4.69, 9.17) is 4.74 Å². The Bertz CT molecular complexity index is 997. The number of carbonyl (C=O) groups is 1. The molecule has 0 radical (unpaired) electrons. The molecular formula is C18H16F2N6O2. The van der Waals surface area contributed by atoms with E-state index in [1.807, 2.05) is 7.05 Å². The van der Waals surface area contributed by atoms with Crippen LogP contribution in [-0.2, 0) is 7.05 Å². The van der Waals surface area contributed by atoms with E-state index in [-0.39, 0.29) is 24.5 Å². The fourth-order valence-electron chi connectivity index (χ4n) is 2.79. The van der Waals surface area contributed by atoms with Crippen LogP contribution in [0.4, 0.5) is 14.5 Å². The Morgan fingerprint density at radius 3 is 2.71 bits per heavy atom. The van der Waals surface area contributed by atoms with Gasteiger partial charge in [-0.25, -0.2) is 28.7 Å². The van der Waals surface area contributed by atoms with Gasteiger partial charge in [-0.2, -0.15) is 0 Å². The highest BCUT2D eigenvalue weighted by atomic mass is 19.3. The molecule has 144 valence electrons. The minimum atomic E-state index is -2.65. The molecule has 0 saturated heterocycles. The van der Waals surface area contributed by atoms with Gasteiger partial charge in [-0.1, -0.05) is 0 Å². The van der Waals surface area contributed by atoms with Crippen molar-refractivity contribution in [3.05, 3.63) is 48.9 Å². The molecule has 10 heteroatoms. The van der Waals surface area contributed by atoms with Crippen molar-refractivity contribution in [1.82, 2.24) is 24.5 Å². The van der Waals surface area contributed by atoms with Crippen LogP contribution in [0.1, 0.15) is 23.5 Å². The predicted octanol–water partition coefficient (Wildman–Crippen LogP) is 2.70. The molecule has 28 heavy (non-hydrogen) atoms. The number of ether oxygens (including phenoxy) is 1. The molecule has 1 aliphatic rings. The lowest BCUT2D eigenvalue weighted by atomic mass is 9.91. The van der Waals surface area contributed by atoms with Crippen LogP contribution < -0.4 is 10.1 Å². The maximum Gasteiger partial charge on any atom is 0.293 e. The van der Waals surface area contributed by atoms with Gasteiger partial charge in [0.15, 0.2) is 0 Å². The molecule has 1 aliphatic carbocycles. The topological polar surface area (TPSA) is 94.8 Å². The molecule has 8 nitrogen and oxygen atoms in total. The molecule has 1 N–H and O–H groups in total.